The maximum atomic E-state index is 11.5. The minimum atomic E-state index is -0.938. The Hall–Kier alpha value is -3.40. The van der Waals surface area contributed by atoms with Crippen molar-refractivity contribution >= 4 is 18.1 Å². The van der Waals surface area contributed by atoms with E-state index >= 15 is 0 Å². The molecule has 2 aromatic rings. The molecule has 0 radical (unpaired) electrons. The van der Waals surface area contributed by atoms with E-state index in [1.165, 1.54) is 6.08 Å². The van der Waals surface area contributed by atoms with Crippen LogP contribution in [0.25, 0.3) is 12.2 Å². The standard InChI is InChI=1S/C15H11N3O4/c16-8-11-12(17-15(22)18-14(11)21)5-4-9-2-1-3-10(6-9)7-13(19)20/h1-6H,7H2,(H,19,20)(H2,17,18,21,22)/b5-4+. The fourth-order valence-electron chi connectivity index (χ4n) is 1.90. The summed E-state index contributed by atoms with van der Waals surface area (Å²) >= 11 is 0. The van der Waals surface area contributed by atoms with Gasteiger partial charge < -0.3 is 10.1 Å². The molecule has 0 unspecified atom stereocenters. The average Bonchev–Trinajstić information content (AvgIpc) is 2.44. The van der Waals surface area contributed by atoms with Gasteiger partial charge in [-0.2, -0.15) is 5.26 Å². The molecule has 1 heterocycles. The van der Waals surface area contributed by atoms with Gasteiger partial charge in [0.05, 0.1) is 12.1 Å². The number of aromatic nitrogens is 2. The molecule has 0 aliphatic carbocycles. The molecular formula is C15H11N3O4. The van der Waals surface area contributed by atoms with Crippen molar-refractivity contribution < 1.29 is 9.90 Å². The van der Waals surface area contributed by atoms with Gasteiger partial charge in [0.1, 0.15) is 11.6 Å². The number of aliphatic carboxylic acids is 1. The van der Waals surface area contributed by atoms with E-state index in [4.69, 9.17) is 10.4 Å². The molecule has 110 valence electrons. The number of H-pyrrole nitrogens is 2. The number of carbonyl (C=O) groups is 1. The van der Waals surface area contributed by atoms with Crippen molar-refractivity contribution in [1.82, 2.24) is 9.97 Å². The highest BCUT2D eigenvalue weighted by Crippen LogP contribution is 2.10. The number of nitrogens with one attached hydrogen (secondary N) is 2. The molecule has 22 heavy (non-hydrogen) atoms. The van der Waals surface area contributed by atoms with Crippen molar-refractivity contribution in [2.75, 3.05) is 0 Å². The van der Waals surface area contributed by atoms with Gasteiger partial charge in [-0.05, 0) is 17.2 Å². The van der Waals surface area contributed by atoms with E-state index in [1.54, 1.807) is 36.4 Å². The highest BCUT2D eigenvalue weighted by molar-refractivity contribution is 5.73. The van der Waals surface area contributed by atoms with Crippen LogP contribution in [0.3, 0.4) is 0 Å². The van der Waals surface area contributed by atoms with Crippen molar-refractivity contribution in [3.8, 4) is 6.07 Å². The van der Waals surface area contributed by atoms with Crippen LogP contribution in [0.5, 0.6) is 0 Å². The van der Waals surface area contributed by atoms with Gasteiger partial charge in [0.15, 0.2) is 0 Å². The monoisotopic (exact) mass is 297 g/mol. The van der Waals surface area contributed by atoms with Crippen molar-refractivity contribution in [1.29, 1.82) is 5.26 Å². The lowest BCUT2D eigenvalue weighted by molar-refractivity contribution is -0.136. The molecule has 2 rings (SSSR count). The molecule has 0 aliphatic heterocycles. The normalized spacial score (nSPS) is 10.5. The van der Waals surface area contributed by atoms with E-state index in [0.29, 0.717) is 11.1 Å². The predicted molar refractivity (Wildman–Crippen MR) is 79.1 cm³/mol. The number of rotatable bonds is 4. The molecular weight excluding hydrogens is 286 g/mol. The van der Waals surface area contributed by atoms with Crippen LogP contribution in [0, 0.1) is 11.3 Å². The Labute approximate surface area is 124 Å². The Bertz CT molecular complexity index is 900. The van der Waals surface area contributed by atoms with Gasteiger partial charge in [-0.1, -0.05) is 30.3 Å². The Morgan fingerprint density at radius 1 is 1.27 bits per heavy atom. The van der Waals surface area contributed by atoms with Crippen LogP contribution in [0.1, 0.15) is 22.4 Å². The van der Waals surface area contributed by atoms with Gasteiger partial charge in [0.2, 0.25) is 0 Å². The first-order chi connectivity index (χ1) is 10.5. The summed E-state index contributed by atoms with van der Waals surface area (Å²) in [5.74, 6) is -0.938. The minimum Gasteiger partial charge on any atom is -0.481 e. The van der Waals surface area contributed by atoms with Crippen LogP contribution >= 0.6 is 0 Å². The SMILES string of the molecule is N#Cc1c(/C=C/c2cccc(CC(=O)O)c2)[nH]c(=O)[nH]c1=O. The third kappa shape index (κ3) is 3.58. The zero-order valence-corrected chi connectivity index (χ0v) is 11.3. The molecule has 0 spiro atoms. The second kappa shape index (κ2) is 6.37. The molecule has 0 saturated heterocycles. The van der Waals surface area contributed by atoms with Crippen molar-refractivity contribution in [2.45, 2.75) is 6.42 Å². The van der Waals surface area contributed by atoms with Gasteiger partial charge in [-0.15, -0.1) is 0 Å². The van der Waals surface area contributed by atoms with E-state index in [1.807, 2.05) is 4.98 Å². The molecule has 0 atom stereocenters. The third-order valence-corrected chi connectivity index (χ3v) is 2.83. The van der Waals surface area contributed by atoms with E-state index in [0.717, 1.165) is 0 Å². The summed E-state index contributed by atoms with van der Waals surface area (Å²) in [4.78, 5) is 37.8. The lowest BCUT2D eigenvalue weighted by Crippen LogP contribution is -2.25. The van der Waals surface area contributed by atoms with Crippen LogP contribution in [0.15, 0.2) is 33.9 Å². The summed E-state index contributed by atoms with van der Waals surface area (Å²) in [6, 6.07) is 8.51. The van der Waals surface area contributed by atoms with Crippen LogP contribution in [0.2, 0.25) is 0 Å². The molecule has 7 nitrogen and oxygen atoms in total. The lowest BCUT2D eigenvalue weighted by Gasteiger charge is -2.00. The van der Waals surface area contributed by atoms with E-state index in [2.05, 4.69) is 4.98 Å². The first-order valence-electron chi connectivity index (χ1n) is 6.25. The minimum absolute atomic E-state index is 0.0971. The Morgan fingerprint density at radius 3 is 2.73 bits per heavy atom. The average molecular weight is 297 g/mol. The molecule has 1 aromatic heterocycles. The fourth-order valence-corrected chi connectivity index (χ4v) is 1.90. The van der Waals surface area contributed by atoms with Gasteiger partial charge in [-0.25, -0.2) is 4.79 Å². The van der Waals surface area contributed by atoms with Gasteiger partial charge in [-0.3, -0.25) is 14.6 Å². The van der Waals surface area contributed by atoms with Crippen LogP contribution < -0.4 is 11.2 Å². The van der Waals surface area contributed by atoms with Crippen LogP contribution in [0.4, 0.5) is 0 Å². The number of aromatic amines is 2. The number of benzene rings is 1. The number of nitriles is 1. The Kier molecular flexibility index (Phi) is 4.34. The summed E-state index contributed by atoms with van der Waals surface area (Å²) in [6.07, 6.45) is 2.90. The van der Waals surface area contributed by atoms with E-state index in [-0.39, 0.29) is 17.7 Å². The smallest absolute Gasteiger partial charge is 0.326 e. The van der Waals surface area contributed by atoms with E-state index in [9.17, 15) is 14.4 Å². The predicted octanol–water partition coefficient (Wildman–Crippen LogP) is 0.732. The quantitative estimate of drug-likeness (QED) is 0.766. The zero-order valence-electron chi connectivity index (χ0n) is 11.3. The molecule has 0 fully saturated rings. The number of hydrogen-bond donors (Lipinski definition) is 3. The second-order valence-electron chi connectivity index (χ2n) is 4.46. The summed E-state index contributed by atoms with van der Waals surface area (Å²) in [6.45, 7) is 0. The first-order valence-corrected chi connectivity index (χ1v) is 6.25. The highest BCUT2D eigenvalue weighted by atomic mass is 16.4. The third-order valence-electron chi connectivity index (χ3n) is 2.83. The first kappa shape index (κ1) is 15.0. The molecule has 3 N–H and O–H groups in total. The second-order valence-corrected chi connectivity index (χ2v) is 4.46. The topological polar surface area (TPSA) is 127 Å². The molecule has 7 heteroatoms. The maximum Gasteiger partial charge on any atom is 0.326 e. The summed E-state index contributed by atoms with van der Waals surface area (Å²) in [7, 11) is 0. The Balaban J connectivity index is 2.37. The largest absolute Gasteiger partial charge is 0.481 e. The van der Waals surface area contributed by atoms with Gasteiger partial charge >= 0.3 is 11.7 Å². The number of hydrogen-bond acceptors (Lipinski definition) is 4. The molecule has 0 saturated carbocycles. The highest BCUT2D eigenvalue weighted by Gasteiger charge is 2.06. The summed E-state index contributed by atoms with van der Waals surface area (Å²) < 4.78 is 0. The van der Waals surface area contributed by atoms with Crippen molar-refractivity contribution in [3.63, 3.8) is 0 Å². The molecule has 1 aromatic carbocycles. The molecule has 0 aliphatic rings. The number of nitrogens with zero attached hydrogens (tertiary/aromatic N) is 1. The van der Waals surface area contributed by atoms with Crippen molar-refractivity contribution in [3.05, 3.63) is 67.5 Å². The zero-order chi connectivity index (χ0) is 16.1. The van der Waals surface area contributed by atoms with Crippen molar-refractivity contribution in [2.24, 2.45) is 0 Å². The summed E-state index contributed by atoms with van der Waals surface area (Å²) in [5, 5.41) is 17.7. The van der Waals surface area contributed by atoms with E-state index < -0.39 is 17.2 Å². The van der Waals surface area contributed by atoms with Gasteiger partial charge in [0, 0.05) is 0 Å². The number of carboxylic acid groups (broad SMARTS) is 1. The lowest BCUT2D eigenvalue weighted by atomic mass is 10.1. The fraction of sp³-hybridized carbons (Fsp3) is 0.0667. The molecule has 0 bridgehead atoms. The number of carboxylic acids is 1. The summed E-state index contributed by atoms with van der Waals surface area (Å²) in [5.41, 5.74) is -0.260. The van der Waals surface area contributed by atoms with Crippen LogP contribution in [-0.4, -0.2) is 21.0 Å². The Morgan fingerprint density at radius 2 is 2.05 bits per heavy atom. The molecule has 0 amide bonds. The van der Waals surface area contributed by atoms with Crippen LogP contribution in [-0.2, 0) is 11.2 Å². The maximum absolute atomic E-state index is 11.5. The van der Waals surface area contributed by atoms with Gasteiger partial charge in [0.25, 0.3) is 5.56 Å².